The summed E-state index contributed by atoms with van der Waals surface area (Å²) in [6.07, 6.45) is 3.78. The van der Waals surface area contributed by atoms with Crippen LogP contribution in [0.15, 0.2) is 59.3 Å². The Morgan fingerprint density at radius 1 is 1.05 bits per heavy atom. The summed E-state index contributed by atoms with van der Waals surface area (Å²) in [5.74, 6) is 0. The van der Waals surface area contributed by atoms with Gasteiger partial charge in [-0.1, -0.05) is 34.1 Å². The smallest absolute Gasteiger partial charge is 0.0592 e. The van der Waals surface area contributed by atoms with Crippen LogP contribution in [0.4, 0.5) is 0 Å². The summed E-state index contributed by atoms with van der Waals surface area (Å²) in [6, 6.07) is 15.2. The molecule has 3 heteroatoms. The Bertz CT molecular complexity index is 783. The van der Waals surface area contributed by atoms with Gasteiger partial charge < -0.3 is 5.32 Å². The van der Waals surface area contributed by atoms with Crippen molar-refractivity contribution in [1.29, 1.82) is 0 Å². The van der Waals surface area contributed by atoms with Crippen molar-refractivity contribution < 1.29 is 0 Å². The van der Waals surface area contributed by atoms with Gasteiger partial charge in [0, 0.05) is 16.9 Å². The molecule has 1 heterocycles. The molecule has 0 bridgehead atoms. The van der Waals surface area contributed by atoms with Crippen LogP contribution in [-0.2, 0) is 0 Å². The van der Waals surface area contributed by atoms with Crippen molar-refractivity contribution in [3.63, 3.8) is 0 Å². The van der Waals surface area contributed by atoms with Gasteiger partial charge in [0.05, 0.1) is 6.04 Å². The lowest BCUT2D eigenvalue weighted by Crippen LogP contribution is -2.18. The zero-order chi connectivity index (χ0) is 14.8. The molecule has 0 aliphatic carbocycles. The molecule has 3 rings (SSSR count). The number of hydrogen-bond donors (Lipinski definition) is 1. The Morgan fingerprint density at radius 2 is 1.81 bits per heavy atom. The van der Waals surface area contributed by atoms with Gasteiger partial charge in [0.1, 0.15) is 0 Å². The predicted molar refractivity (Wildman–Crippen MR) is 91.5 cm³/mol. The zero-order valence-electron chi connectivity index (χ0n) is 12.1. The lowest BCUT2D eigenvalue weighted by Gasteiger charge is -2.19. The molecule has 1 unspecified atom stereocenters. The van der Waals surface area contributed by atoms with Crippen LogP contribution in [0.3, 0.4) is 0 Å². The largest absolute Gasteiger partial charge is 0.309 e. The van der Waals surface area contributed by atoms with Gasteiger partial charge in [-0.05, 0) is 65.7 Å². The monoisotopic (exact) mass is 340 g/mol. The van der Waals surface area contributed by atoms with Gasteiger partial charge in [-0.3, -0.25) is 4.98 Å². The average Bonchev–Trinajstić information content (AvgIpc) is 2.50. The minimum absolute atomic E-state index is 0.159. The molecule has 0 aliphatic heterocycles. The van der Waals surface area contributed by atoms with Crippen LogP contribution in [0, 0.1) is 6.92 Å². The maximum absolute atomic E-state index is 4.27. The fraction of sp³-hybridized carbons (Fsp3) is 0.167. The van der Waals surface area contributed by atoms with Crippen molar-refractivity contribution in [3.8, 4) is 0 Å². The zero-order valence-corrected chi connectivity index (χ0v) is 13.7. The normalized spacial score (nSPS) is 12.5. The van der Waals surface area contributed by atoms with Gasteiger partial charge in [-0.2, -0.15) is 0 Å². The maximum atomic E-state index is 4.27. The van der Waals surface area contributed by atoms with E-state index in [4.69, 9.17) is 0 Å². The van der Waals surface area contributed by atoms with E-state index in [0.29, 0.717) is 0 Å². The molecule has 1 aromatic heterocycles. The van der Waals surface area contributed by atoms with Crippen LogP contribution in [-0.4, -0.2) is 12.0 Å². The van der Waals surface area contributed by atoms with Gasteiger partial charge in [0.25, 0.3) is 0 Å². The summed E-state index contributed by atoms with van der Waals surface area (Å²) in [7, 11) is 1.99. The van der Waals surface area contributed by atoms with E-state index in [-0.39, 0.29) is 6.04 Å². The van der Waals surface area contributed by atoms with Crippen molar-refractivity contribution >= 4 is 26.7 Å². The van der Waals surface area contributed by atoms with E-state index < -0.39 is 0 Å². The Balaban J connectivity index is 2.09. The highest BCUT2D eigenvalue weighted by molar-refractivity contribution is 9.10. The second kappa shape index (κ2) is 5.96. The molecule has 0 saturated heterocycles. The summed E-state index contributed by atoms with van der Waals surface area (Å²) >= 11 is 3.52. The first-order chi connectivity index (χ1) is 10.2. The molecule has 106 valence electrons. The van der Waals surface area contributed by atoms with Crippen LogP contribution >= 0.6 is 15.9 Å². The van der Waals surface area contributed by atoms with E-state index in [1.165, 1.54) is 27.5 Å². The predicted octanol–water partition coefficient (Wildman–Crippen LogP) is 4.61. The molecule has 21 heavy (non-hydrogen) atoms. The molecule has 2 nitrogen and oxygen atoms in total. The van der Waals surface area contributed by atoms with Gasteiger partial charge in [0.2, 0.25) is 0 Å². The SMILES string of the molecule is CNC(c1ccc2cc(Br)ccc2c1)c1cnccc1C. The van der Waals surface area contributed by atoms with Gasteiger partial charge in [-0.25, -0.2) is 0 Å². The average molecular weight is 341 g/mol. The van der Waals surface area contributed by atoms with E-state index in [0.717, 1.165) is 4.47 Å². The molecular formula is C18H17BrN2. The molecule has 0 aliphatic rings. The van der Waals surface area contributed by atoms with Crippen molar-refractivity contribution in [1.82, 2.24) is 10.3 Å². The number of pyridine rings is 1. The number of fused-ring (bicyclic) bond motifs is 1. The Labute approximate surface area is 133 Å². The molecule has 1 N–H and O–H groups in total. The van der Waals surface area contributed by atoms with Crippen LogP contribution in [0.2, 0.25) is 0 Å². The minimum Gasteiger partial charge on any atom is -0.309 e. The minimum atomic E-state index is 0.159. The Kier molecular flexibility index (Phi) is 4.04. The number of benzene rings is 2. The van der Waals surface area contributed by atoms with Gasteiger partial charge >= 0.3 is 0 Å². The molecule has 1 atom stereocenters. The fourth-order valence-electron chi connectivity index (χ4n) is 2.69. The summed E-state index contributed by atoms with van der Waals surface area (Å²) in [5, 5.41) is 5.89. The van der Waals surface area contributed by atoms with E-state index in [9.17, 15) is 0 Å². The number of rotatable bonds is 3. The molecule has 0 amide bonds. The van der Waals surface area contributed by atoms with Crippen LogP contribution in [0.1, 0.15) is 22.7 Å². The number of halogens is 1. The number of aromatic nitrogens is 1. The summed E-state index contributed by atoms with van der Waals surface area (Å²) < 4.78 is 1.11. The Morgan fingerprint density at radius 3 is 2.57 bits per heavy atom. The topological polar surface area (TPSA) is 24.9 Å². The maximum Gasteiger partial charge on any atom is 0.0592 e. The number of hydrogen-bond acceptors (Lipinski definition) is 2. The molecule has 2 aromatic carbocycles. The van der Waals surface area contributed by atoms with Crippen LogP contribution < -0.4 is 5.32 Å². The van der Waals surface area contributed by atoms with Crippen LogP contribution in [0.5, 0.6) is 0 Å². The molecule has 0 radical (unpaired) electrons. The molecule has 3 aromatic rings. The molecular weight excluding hydrogens is 324 g/mol. The molecule has 0 fully saturated rings. The summed E-state index contributed by atoms with van der Waals surface area (Å²) in [6.45, 7) is 2.12. The number of nitrogens with zero attached hydrogens (tertiary/aromatic N) is 1. The number of nitrogens with one attached hydrogen (secondary N) is 1. The van der Waals surface area contributed by atoms with Gasteiger partial charge in [-0.15, -0.1) is 0 Å². The molecule has 0 spiro atoms. The highest BCUT2D eigenvalue weighted by Gasteiger charge is 2.14. The molecule has 0 saturated carbocycles. The second-order valence-corrected chi connectivity index (χ2v) is 6.12. The standard InChI is InChI=1S/C18H17BrN2/c1-12-7-8-21-11-17(12)18(20-2)15-4-3-14-10-16(19)6-5-13(14)9-15/h3-11,18,20H,1-2H3. The van der Waals surface area contributed by atoms with E-state index in [1.54, 1.807) is 0 Å². The van der Waals surface area contributed by atoms with Gasteiger partial charge in [0.15, 0.2) is 0 Å². The fourth-order valence-corrected chi connectivity index (χ4v) is 3.07. The van der Waals surface area contributed by atoms with Crippen molar-refractivity contribution in [3.05, 3.63) is 76.0 Å². The first-order valence-corrected chi connectivity index (χ1v) is 7.75. The Hall–Kier alpha value is -1.71. The quantitative estimate of drug-likeness (QED) is 0.752. The van der Waals surface area contributed by atoms with Crippen molar-refractivity contribution in [2.75, 3.05) is 7.05 Å². The third-order valence-corrected chi connectivity index (χ3v) is 4.33. The lowest BCUT2D eigenvalue weighted by molar-refractivity contribution is 0.685. The lowest BCUT2D eigenvalue weighted by atomic mass is 9.95. The summed E-state index contributed by atoms with van der Waals surface area (Å²) in [4.78, 5) is 4.27. The van der Waals surface area contributed by atoms with Crippen molar-refractivity contribution in [2.45, 2.75) is 13.0 Å². The third-order valence-electron chi connectivity index (χ3n) is 3.84. The first-order valence-electron chi connectivity index (χ1n) is 6.96. The first kappa shape index (κ1) is 14.2. The second-order valence-electron chi connectivity index (χ2n) is 5.20. The summed E-state index contributed by atoms with van der Waals surface area (Å²) in [5.41, 5.74) is 3.72. The van der Waals surface area contributed by atoms with Crippen LogP contribution in [0.25, 0.3) is 10.8 Å². The van der Waals surface area contributed by atoms with E-state index >= 15 is 0 Å². The van der Waals surface area contributed by atoms with E-state index in [1.807, 2.05) is 19.4 Å². The highest BCUT2D eigenvalue weighted by atomic mass is 79.9. The third kappa shape index (κ3) is 2.85. The highest BCUT2D eigenvalue weighted by Crippen LogP contribution is 2.28. The van der Waals surface area contributed by atoms with E-state index in [2.05, 4.69) is 75.6 Å². The number of aryl methyl sites for hydroxylation is 1. The van der Waals surface area contributed by atoms with Crippen molar-refractivity contribution in [2.24, 2.45) is 0 Å².